The average Bonchev–Trinajstić information content (AvgIpc) is 3.61. The third-order valence-electron chi connectivity index (χ3n) is 10.8. The third-order valence-corrected chi connectivity index (χ3v) is 10.8. The van der Waals surface area contributed by atoms with Crippen molar-refractivity contribution in [2.45, 2.75) is 19.3 Å². The number of anilines is 3. The quantitative estimate of drug-likeness (QED) is 0.192. The van der Waals surface area contributed by atoms with E-state index in [-0.39, 0.29) is 0 Å². The molecular weight excluding hydrogens is 579 g/mol. The van der Waals surface area contributed by atoms with E-state index < -0.39 is 5.41 Å². The van der Waals surface area contributed by atoms with Crippen LogP contribution in [0.15, 0.2) is 164 Å². The van der Waals surface area contributed by atoms with Crippen LogP contribution in [0, 0.1) is 13.8 Å². The summed E-state index contributed by atoms with van der Waals surface area (Å²) in [5.74, 6) is 0. The molecule has 0 bridgehead atoms. The van der Waals surface area contributed by atoms with Gasteiger partial charge in [0, 0.05) is 17.1 Å². The van der Waals surface area contributed by atoms with Crippen molar-refractivity contribution in [2.24, 2.45) is 0 Å². The number of hydrogen-bond acceptors (Lipinski definition) is 1. The summed E-state index contributed by atoms with van der Waals surface area (Å²) in [7, 11) is 0. The molecule has 8 aromatic rings. The molecule has 0 atom stereocenters. The summed E-state index contributed by atoms with van der Waals surface area (Å²) in [5.41, 5.74) is 16.5. The van der Waals surface area contributed by atoms with Crippen LogP contribution in [0.25, 0.3) is 43.8 Å². The molecule has 226 valence electrons. The first-order chi connectivity index (χ1) is 23.6. The van der Waals surface area contributed by atoms with Crippen molar-refractivity contribution in [3.8, 4) is 22.3 Å². The number of benzene rings is 8. The smallest absolute Gasteiger partial charge is 0.0737 e. The number of aryl methyl sites for hydroxylation is 2. The van der Waals surface area contributed by atoms with E-state index >= 15 is 0 Å². The molecule has 8 aromatic carbocycles. The van der Waals surface area contributed by atoms with Gasteiger partial charge in [-0.15, -0.1) is 0 Å². The van der Waals surface area contributed by atoms with Gasteiger partial charge in [0.25, 0.3) is 0 Å². The lowest BCUT2D eigenvalue weighted by Crippen LogP contribution is -2.26. The molecule has 48 heavy (non-hydrogen) atoms. The predicted octanol–water partition coefficient (Wildman–Crippen LogP) is 12.4. The Labute approximate surface area is 281 Å². The normalized spacial score (nSPS) is 13.4. The first-order valence-corrected chi connectivity index (χ1v) is 16.9. The van der Waals surface area contributed by atoms with Gasteiger partial charge in [0.05, 0.1) is 5.41 Å². The fraction of sp³-hybridized carbons (Fsp3) is 0.0638. The highest BCUT2D eigenvalue weighted by Crippen LogP contribution is 2.65. The van der Waals surface area contributed by atoms with E-state index in [9.17, 15) is 0 Å². The number of rotatable bonds is 3. The summed E-state index contributed by atoms with van der Waals surface area (Å²) in [5, 5.41) is 5.16. The summed E-state index contributed by atoms with van der Waals surface area (Å²) in [4.78, 5) is 2.40. The van der Waals surface area contributed by atoms with Crippen LogP contribution in [0.3, 0.4) is 0 Å². The second-order valence-corrected chi connectivity index (χ2v) is 13.4. The monoisotopic (exact) mass is 611 g/mol. The molecule has 0 saturated heterocycles. The first kappa shape index (κ1) is 27.2. The van der Waals surface area contributed by atoms with Gasteiger partial charge in [0.2, 0.25) is 0 Å². The molecule has 0 N–H and O–H groups in total. The van der Waals surface area contributed by atoms with Crippen molar-refractivity contribution in [3.63, 3.8) is 0 Å². The molecule has 0 saturated carbocycles. The van der Waals surface area contributed by atoms with E-state index in [1.807, 2.05) is 0 Å². The van der Waals surface area contributed by atoms with Gasteiger partial charge in [-0.1, -0.05) is 139 Å². The van der Waals surface area contributed by atoms with E-state index in [0.29, 0.717) is 0 Å². The summed E-state index contributed by atoms with van der Waals surface area (Å²) < 4.78 is 0. The standard InChI is InChI=1S/C47H33N/c1-30-20-27-44(31(2)28-30)48(34-13-4-3-5-14-34)35-23-26-37-33(29-35)22-25-41-40-24-21-32-12-6-7-15-36(32)45(40)47(46(37)41)42-18-10-8-16-38(42)39-17-9-11-19-43(39)47/h3-29H,1-2H3. The molecule has 0 fully saturated rings. The lowest BCUT2D eigenvalue weighted by molar-refractivity contribution is 0.809. The Hall–Kier alpha value is -5.92. The first-order valence-electron chi connectivity index (χ1n) is 16.9. The van der Waals surface area contributed by atoms with Crippen molar-refractivity contribution in [2.75, 3.05) is 4.90 Å². The van der Waals surface area contributed by atoms with E-state index in [1.54, 1.807) is 0 Å². The average molecular weight is 612 g/mol. The van der Waals surface area contributed by atoms with E-state index in [2.05, 4.69) is 183 Å². The zero-order chi connectivity index (χ0) is 32.0. The topological polar surface area (TPSA) is 3.24 Å². The summed E-state index contributed by atoms with van der Waals surface area (Å²) in [6.45, 7) is 4.38. The van der Waals surface area contributed by atoms with Crippen LogP contribution in [0.5, 0.6) is 0 Å². The Morgan fingerprint density at radius 1 is 0.417 bits per heavy atom. The molecule has 2 aliphatic carbocycles. The Bertz CT molecular complexity index is 2550. The molecule has 0 aromatic heterocycles. The second-order valence-electron chi connectivity index (χ2n) is 13.4. The fourth-order valence-electron chi connectivity index (χ4n) is 8.94. The van der Waals surface area contributed by atoms with Crippen molar-refractivity contribution in [3.05, 3.63) is 197 Å². The second kappa shape index (κ2) is 10.0. The largest absolute Gasteiger partial charge is 0.310 e. The molecule has 0 radical (unpaired) electrons. The molecule has 2 aliphatic rings. The maximum Gasteiger partial charge on any atom is 0.0737 e. The predicted molar refractivity (Wildman–Crippen MR) is 202 cm³/mol. The molecule has 1 heteroatoms. The van der Waals surface area contributed by atoms with Crippen molar-refractivity contribution >= 4 is 38.6 Å². The molecule has 1 nitrogen and oxygen atoms in total. The molecule has 0 aliphatic heterocycles. The van der Waals surface area contributed by atoms with Crippen LogP contribution in [0.4, 0.5) is 17.1 Å². The zero-order valence-electron chi connectivity index (χ0n) is 27.0. The Morgan fingerprint density at radius 3 is 1.73 bits per heavy atom. The summed E-state index contributed by atoms with van der Waals surface area (Å²) >= 11 is 0. The van der Waals surface area contributed by atoms with Gasteiger partial charge in [0.15, 0.2) is 0 Å². The molecule has 1 spiro atoms. The van der Waals surface area contributed by atoms with Gasteiger partial charge in [-0.3, -0.25) is 0 Å². The molecular formula is C47H33N. The Kier molecular flexibility index (Phi) is 5.69. The van der Waals surface area contributed by atoms with Gasteiger partial charge >= 0.3 is 0 Å². The van der Waals surface area contributed by atoms with Crippen molar-refractivity contribution < 1.29 is 0 Å². The van der Waals surface area contributed by atoms with Crippen molar-refractivity contribution in [1.82, 2.24) is 0 Å². The highest BCUT2D eigenvalue weighted by Gasteiger charge is 2.53. The van der Waals surface area contributed by atoms with Gasteiger partial charge in [-0.05, 0) is 116 Å². The lowest BCUT2D eigenvalue weighted by atomic mass is 9.68. The van der Waals surface area contributed by atoms with Crippen LogP contribution in [-0.4, -0.2) is 0 Å². The molecule has 0 heterocycles. The van der Waals surface area contributed by atoms with E-state index in [4.69, 9.17) is 0 Å². The van der Waals surface area contributed by atoms with Crippen LogP contribution >= 0.6 is 0 Å². The van der Waals surface area contributed by atoms with Crippen LogP contribution < -0.4 is 4.90 Å². The number of fused-ring (bicyclic) bond motifs is 14. The van der Waals surface area contributed by atoms with Crippen LogP contribution in [0.2, 0.25) is 0 Å². The van der Waals surface area contributed by atoms with Gasteiger partial charge in [-0.2, -0.15) is 0 Å². The highest BCUT2D eigenvalue weighted by molar-refractivity contribution is 6.09. The van der Waals surface area contributed by atoms with Crippen molar-refractivity contribution in [1.29, 1.82) is 0 Å². The third kappa shape index (κ3) is 3.56. The van der Waals surface area contributed by atoms with E-state index in [1.165, 1.54) is 82.9 Å². The molecule has 0 amide bonds. The minimum absolute atomic E-state index is 0.424. The number of hydrogen-bond donors (Lipinski definition) is 0. The number of para-hydroxylation sites is 1. The Balaban J connectivity index is 1.30. The number of nitrogens with zero attached hydrogens (tertiary/aromatic N) is 1. The minimum Gasteiger partial charge on any atom is -0.310 e. The maximum absolute atomic E-state index is 2.40. The summed E-state index contributed by atoms with van der Waals surface area (Å²) in [6, 6.07) is 61.2. The van der Waals surface area contributed by atoms with Crippen LogP contribution in [0.1, 0.15) is 33.4 Å². The minimum atomic E-state index is -0.424. The van der Waals surface area contributed by atoms with Gasteiger partial charge in [-0.25, -0.2) is 0 Å². The van der Waals surface area contributed by atoms with Gasteiger partial charge in [0.1, 0.15) is 0 Å². The van der Waals surface area contributed by atoms with Gasteiger partial charge < -0.3 is 4.90 Å². The fourth-order valence-corrected chi connectivity index (χ4v) is 8.94. The molecule has 0 unspecified atom stereocenters. The molecule has 10 rings (SSSR count). The van der Waals surface area contributed by atoms with E-state index in [0.717, 1.165) is 11.4 Å². The summed E-state index contributed by atoms with van der Waals surface area (Å²) in [6.07, 6.45) is 0. The lowest BCUT2D eigenvalue weighted by Gasteiger charge is -2.32. The maximum atomic E-state index is 2.40. The highest BCUT2D eigenvalue weighted by atomic mass is 15.1. The Morgan fingerprint density at radius 2 is 1.02 bits per heavy atom. The zero-order valence-corrected chi connectivity index (χ0v) is 27.0. The van der Waals surface area contributed by atoms with Crippen LogP contribution in [-0.2, 0) is 5.41 Å². The SMILES string of the molecule is Cc1ccc(N(c2ccccc2)c2ccc3c4c(ccc3c2)-c2ccc3ccccc3c2C42c3ccccc3-c3ccccc32)c(C)c1.